The molecule has 0 bridgehead atoms. The molecule has 0 fully saturated rings. The van der Waals surface area contributed by atoms with Crippen molar-refractivity contribution in [2.45, 2.75) is 25.9 Å². The summed E-state index contributed by atoms with van der Waals surface area (Å²) in [7, 11) is 3.02. The van der Waals surface area contributed by atoms with Crippen molar-refractivity contribution in [3.05, 3.63) is 83.9 Å². The number of ketones is 1. The van der Waals surface area contributed by atoms with Gasteiger partial charge < -0.3 is 19.7 Å². The number of amides is 3. The molecule has 1 atom stereocenters. The summed E-state index contributed by atoms with van der Waals surface area (Å²) in [5, 5.41) is 2.86. The molecule has 0 saturated carbocycles. The second-order valence-corrected chi connectivity index (χ2v) is 8.72. The van der Waals surface area contributed by atoms with Crippen LogP contribution < -0.4 is 19.7 Å². The van der Waals surface area contributed by atoms with Crippen LogP contribution in [0.25, 0.3) is 0 Å². The minimum Gasteiger partial charge on any atom is -0.497 e. The number of carbonyl (C=O) groups is 4. The Morgan fingerprint density at radius 1 is 0.947 bits per heavy atom. The zero-order chi connectivity index (χ0) is 27.2. The van der Waals surface area contributed by atoms with E-state index in [2.05, 4.69) is 5.32 Å². The summed E-state index contributed by atoms with van der Waals surface area (Å²) in [5.41, 5.74) is 1.89. The number of carbonyl (C=O) groups excluding carboxylic acids is 4. The van der Waals surface area contributed by atoms with E-state index in [9.17, 15) is 19.2 Å². The van der Waals surface area contributed by atoms with Gasteiger partial charge in [0.25, 0.3) is 11.7 Å². The fourth-order valence-electron chi connectivity index (χ4n) is 4.45. The summed E-state index contributed by atoms with van der Waals surface area (Å²) in [5.74, 6) is -1.32. The number of Topliss-reactive ketones (excluding diaryl/α,β-unsaturated/α-hetero) is 1. The maximum atomic E-state index is 13.7. The lowest BCUT2D eigenvalue weighted by Gasteiger charge is -2.32. The van der Waals surface area contributed by atoms with Gasteiger partial charge in [0, 0.05) is 12.6 Å². The topological polar surface area (TPSA) is 105 Å². The maximum absolute atomic E-state index is 13.7. The Labute approximate surface area is 220 Å². The number of hydrogen-bond donors (Lipinski definition) is 1. The number of anilines is 2. The van der Waals surface area contributed by atoms with Gasteiger partial charge in [-0.1, -0.05) is 49.4 Å². The molecule has 1 aliphatic heterocycles. The quantitative estimate of drug-likeness (QED) is 0.413. The molecule has 9 heteroatoms. The third-order valence-corrected chi connectivity index (χ3v) is 6.42. The van der Waals surface area contributed by atoms with Gasteiger partial charge in [-0.05, 0) is 36.2 Å². The Kier molecular flexibility index (Phi) is 8.06. The van der Waals surface area contributed by atoms with E-state index in [1.165, 1.54) is 24.0 Å². The monoisotopic (exact) mass is 515 g/mol. The normalized spacial score (nSPS) is 13.1. The van der Waals surface area contributed by atoms with Crippen LogP contribution in [0.3, 0.4) is 0 Å². The minimum absolute atomic E-state index is 0.142. The van der Waals surface area contributed by atoms with Gasteiger partial charge >= 0.3 is 0 Å². The molecule has 1 unspecified atom stereocenters. The Hall–Kier alpha value is -4.66. The molecular weight excluding hydrogens is 486 g/mol. The van der Waals surface area contributed by atoms with Gasteiger partial charge in [-0.15, -0.1) is 0 Å². The number of rotatable bonds is 10. The van der Waals surface area contributed by atoms with Crippen molar-refractivity contribution < 1.29 is 28.7 Å². The van der Waals surface area contributed by atoms with Crippen LogP contribution in [-0.2, 0) is 20.9 Å². The average Bonchev–Trinajstić information content (AvgIpc) is 3.18. The molecule has 0 radical (unpaired) electrons. The molecule has 1 aliphatic rings. The lowest BCUT2D eigenvalue weighted by Crippen LogP contribution is -2.50. The van der Waals surface area contributed by atoms with E-state index in [-0.39, 0.29) is 18.7 Å². The summed E-state index contributed by atoms with van der Waals surface area (Å²) < 4.78 is 10.6. The molecule has 3 aromatic carbocycles. The number of methoxy groups -OCH3 is 2. The predicted molar refractivity (Wildman–Crippen MR) is 142 cm³/mol. The van der Waals surface area contributed by atoms with Crippen LogP contribution in [0.15, 0.2) is 72.8 Å². The highest BCUT2D eigenvalue weighted by Gasteiger charge is 2.38. The molecule has 9 nitrogen and oxygen atoms in total. The molecule has 1 heterocycles. The molecule has 4 rings (SSSR count). The second-order valence-electron chi connectivity index (χ2n) is 8.72. The number of benzene rings is 3. The first kappa shape index (κ1) is 26.4. The molecular formula is C29H29N3O6. The maximum Gasteiger partial charge on any atom is 0.299 e. The highest BCUT2D eigenvalue weighted by molar-refractivity contribution is 6.52. The Morgan fingerprint density at radius 2 is 1.66 bits per heavy atom. The molecule has 196 valence electrons. The molecule has 3 aromatic rings. The first-order valence-electron chi connectivity index (χ1n) is 12.2. The van der Waals surface area contributed by atoms with Crippen LogP contribution in [0.5, 0.6) is 11.5 Å². The van der Waals surface area contributed by atoms with Crippen molar-refractivity contribution in [3.63, 3.8) is 0 Å². The van der Waals surface area contributed by atoms with E-state index in [1.54, 1.807) is 49.4 Å². The summed E-state index contributed by atoms with van der Waals surface area (Å²) in [6.07, 6.45) is 0.312. The van der Waals surface area contributed by atoms with Crippen LogP contribution in [0, 0.1) is 0 Å². The van der Waals surface area contributed by atoms with Crippen molar-refractivity contribution >= 4 is 34.9 Å². The largest absolute Gasteiger partial charge is 0.497 e. The standard InChI is InChI=1S/C29H29N3O6/c1-4-23(28(35)30-22-15-14-20(37-2)16-25(22)38-3)31(17-19-10-6-5-7-11-19)26(33)18-32-24-13-9-8-12-21(24)27(34)29(32)36/h5-16,23H,4,17-18H2,1-3H3,(H,30,35). The number of ether oxygens (including phenoxy) is 2. The van der Waals surface area contributed by atoms with Crippen LogP contribution in [0.4, 0.5) is 11.4 Å². The summed E-state index contributed by atoms with van der Waals surface area (Å²) in [6, 6.07) is 20.0. The zero-order valence-corrected chi connectivity index (χ0v) is 21.5. The Bertz CT molecular complexity index is 1360. The van der Waals surface area contributed by atoms with Crippen LogP contribution in [0.1, 0.15) is 29.3 Å². The molecule has 0 aromatic heterocycles. The second kappa shape index (κ2) is 11.6. The number of hydrogen-bond acceptors (Lipinski definition) is 6. The third kappa shape index (κ3) is 5.36. The van der Waals surface area contributed by atoms with E-state index >= 15 is 0 Å². The van der Waals surface area contributed by atoms with E-state index in [0.29, 0.717) is 29.3 Å². The first-order valence-corrected chi connectivity index (χ1v) is 12.2. The summed E-state index contributed by atoms with van der Waals surface area (Å²) in [4.78, 5) is 55.1. The van der Waals surface area contributed by atoms with Crippen molar-refractivity contribution in [2.75, 3.05) is 31.0 Å². The number of nitrogens with one attached hydrogen (secondary N) is 1. The van der Waals surface area contributed by atoms with Crippen molar-refractivity contribution in [1.82, 2.24) is 4.90 Å². The number of para-hydroxylation sites is 1. The molecule has 0 saturated heterocycles. The molecule has 0 aliphatic carbocycles. The first-order chi connectivity index (χ1) is 18.4. The van der Waals surface area contributed by atoms with Crippen molar-refractivity contribution in [1.29, 1.82) is 0 Å². The van der Waals surface area contributed by atoms with Gasteiger partial charge in [0.05, 0.1) is 31.2 Å². The smallest absolute Gasteiger partial charge is 0.299 e. The SMILES string of the molecule is CCC(C(=O)Nc1ccc(OC)cc1OC)N(Cc1ccccc1)C(=O)CN1C(=O)C(=O)c2ccccc21. The van der Waals surface area contributed by atoms with Gasteiger partial charge in [0.2, 0.25) is 11.8 Å². The Balaban J connectivity index is 1.62. The van der Waals surface area contributed by atoms with E-state index in [0.717, 1.165) is 5.56 Å². The lowest BCUT2D eigenvalue weighted by atomic mass is 10.1. The van der Waals surface area contributed by atoms with E-state index < -0.39 is 29.5 Å². The van der Waals surface area contributed by atoms with Crippen LogP contribution in [-0.4, -0.2) is 55.2 Å². The zero-order valence-electron chi connectivity index (χ0n) is 21.5. The lowest BCUT2D eigenvalue weighted by molar-refractivity contribution is -0.138. The molecule has 0 spiro atoms. The summed E-state index contributed by atoms with van der Waals surface area (Å²) >= 11 is 0. The van der Waals surface area contributed by atoms with Gasteiger partial charge in [-0.3, -0.25) is 24.1 Å². The molecule has 1 N–H and O–H groups in total. The van der Waals surface area contributed by atoms with Crippen LogP contribution in [0.2, 0.25) is 0 Å². The van der Waals surface area contributed by atoms with E-state index in [1.807, 2.05) is 30.3 Å². The third-order valence-electron chi connectivity index (χ3n) is 6.42. The Morgan fingerprint density at radius 3 is 2.34 bits per heavy atom. The molecule has 38 heavy (non-hydrogen) atoms. The van der Waals surface area contributed by atoms with Gasteiger partial charge in [0.1, 0.15) is 24.1 Å². The minimum atomic E-state index is -0.863. The molecule has 3 amide bonds. The fraction of sp³-hybridized carbons (Fsp3) is 0.241. The van der Waals surface area contributed by atoms with Gasteiger partial charge in [-0.25, -0.2) is 0 Å². The van der Waals surface area contributed by atoms with Crippen LogP contribution >= 0.6 is 0 Å². The highest BCUT2D eigenvalue weighted by atomic mass is 16.5. The number of fused-ring (bicyclic) bond motifs is 1. The van der Waals surface area contributed by atoms with Crippen molar-refractivity contribution in [3.8, 4) is 11.5 Å². The summed E-state index contributed by atoms with van der Waals surface area (Å²) in [6.45, 7) is 1.58. The predicted octanol–water partition coefficient (Wildman–Crippen LogP) is 3.68. The van der Waals surface area contributed by atoms with Gasteiger partial charge in [-0.2, -0.15) is 0 Å². The highest BCUT2D eigenvalue weighted by Crippen LogP contribution is 2.31. The average molecular weight is 516 g/mol. The van der Waals surface area contributed by atoms with E-state index in [4.69, 9.17) is 9.47 Å². The van der Waals surface area contributed by atoms with Gasteiger partial charge in [0.15, 0.2) is 0 Å². The fourth-order valence-corrected chi connectivity index (χ4v) is 4.45. The van der Waals surface area contributed by atoms with Crippen molar-refractivity contribution in [2.24, 2.45) is 0 Å². The number of nitrogens with zero attached hydrogens (tertiary/aromatic N) is 2.